The Labute approximate surface area is 127 Å². The maximum absolute atomic E-state index is 9.06. The minimum Gasteiger partial charge on any atom is -0.488 e. The molecule has 4 rings (SSSR count). The Morgan fingerprint density at radius 2 is 2.32 bits per heavy atom. The minimum atomic E-state index is 0.168. The van der Waals surface area contributed by atoms with Crippen molar-refractivity contribution in [2.24, 2.45) is 0 Å². The van der Waals surface area contributed by atoms with Crippen molar-refractivity contribution in [3.05, 3.63) is 30.2 Å². The summed E-state index contributed by atoms with van der Waals surface area (Å²) in [4.78, 5) is 11.7. The predicted molar refractivity (Wildman–Crippen MR) is 82.6 cm³/mol. The van der Waals surface area contributed by atoms with E-state index in [2.05, 4.69) is 26.3 Å². The first-order valence-electron chi connectivity index (χ1n) is 7.39. The molecule has 0 bridgehead atoms. The molecule has 6 nitrogen and oxygen atoms in total. The zero-order valence-electron chi connectivity index (χ0n) is 12.0. The van der Waals surface area contributed by atoms with Gasteiger partial charge in [-0.3, -0.25) is 0 Å². The van der Waals surface area contributed by atoms with Gasteiger partial charge in [0.05, 0.1) is 17.1 Å². The first-order chi connectivity index (χ1) is 10.8. The molecule has 6 heteroatoms. The number of hydrogen-bond donors (Lipinski definition) is 2. The third-order valence-corrected chi connectivity index (χ3v) is 4.00. The van der Waals surface area contributed by atoms with Crippen LogP contribution in [0.2, 0.25) is 0 Å². The Balaban J connectivity index is 1.85. The standard InChI is InChI=1S/C16H15N5O/c17-7-10-6-12-13(9-20-10)21-16-15(12)14(3-5-19-16)22-11-2-1-4-18-8-11/h3,5-6,9,11,18H,1-2,4,8H2,(H,19,21). The molecular formula is C16H15N5O. The number of pyridine rings is 2. The highest BCUT2D eigenvalue weighted by molar-refractivity contribution is 6.09. The molecule has 0 radical (unpaired) electrons. The van der Waals surface area contributed by atoms with Crippen molar-refractivity contribution < 1.29 is 4.74 Å². The highest BCUT2D eigenvalue weighted by Gasteiger charge is 2.18. The topological polar surface area (TPSA) is 86.6 Å². The number of H-pyrrole nitrogens is 1. The van der Waals surface area contributed by atoms with Crippen LogP contribution >= 0.6 is 0 Å². The van der Waals surface area contributed by atoms with Gasteiger partial charge < -0.3 is 15.0 Å². The van der Waals surface area contributed by atoms with E-state index in [0.29, 0.717) is 5.69 Å². The van der Waals surface area contributed by atoms with E-state index in [-0.39, 0.29) is 6.10 Å². The second-order valence-corrected chi connectivity index (χ2v) is 5.47. The Kier molecular flexibility index (Phi) is 3.13. The summed E-state index contributed by atoms with van der Waals surface area (Å²) >= 11 is 0. The van der Waals surface area contributed by atoms with Gasteiger partial charge >= 0.3 is 0 Å². The fraction of sp³-hybridized carbons (Fsp3) is 0.312. The summed E-state index contributed by atoms with van der Waals surface area (Å²) < 4.78 is 6.18. The first-order valence-corrected chi connectivity index (χ1v) is 7.39. The van der Waals surface area contributed by atoms with E-state index < -0.39 is 0 Å². The van der Waals surface area contributed by atoms with Crippen molar-refractivity contribution >= 4 is 21.9 Å². The molecular weight excluding hydrogens is 278 g/mol. The van der Waals surface area contributed by atoms with Gasteiger partial charge in [-0.15, -0.1) is 0 Å². The van der Waals surface area contributed by atoms with Gasteiger partial charge in [-0.25, -0.2) is 9.97 Å². The van der Waals surface area contributed by atoms with Gasteiger partial charge in [0.1, 0.15) is 29.3 Å². The zero-order chi connectivity index (χ0) is 14.9. The zero-order valence-corrected chi connectivity index (χ0v) is 12.0. The lowest BCUT2D eigenvalue weighted by molar-refractivity contribution is 0.169. The van der Waals surface area contributed by atoms with Gasteiger partial charge in [0.25, 0.3) is 0 Å². The van der Waals surface area contributed by atoms with Crippen molar-refractivity contribution in [3.63, 3.8) is 0 Å². The second kappa shape index (κ2) is 5.28. The molecule has 0 amide bonds. The van der Waals surface area contributed by atoms with Gasteiger partial charge in [0.2, 0.25) is 0 Å². The van der Waals surface area contributed by atoms with Crippen LogP contribution in [0.1, 0.15) is 18.5 Å². The molecule has 1 aliphatic heterocycles. The van der Waals surface area contributed by atoms with Crippen LogP contribution in [0, 0.1) is 11.3 Å². The fourth-order valence-electron chi connectivity index (χ4n) is 2.95. The lowest BCUT2D eigenvalue weighted by Gasteiger charge is -2.24. The summed E-state index contributed by atoms with van der Waals surface area (Å²) in [6.45, 7) is 1.91. The van der Waals surface area contributed by atoms with E-state index in [9.17, 15) is 0 Å². The van der Waals surface area contributed by atoms with Crippen LogP contribution in [-0.2, 0) is 0 Å². The molecule has 1 atom stereocenters. The molecule has 1 saturated heterocycles. The molecule has 0 saturated carbocycles. The Hall–Kier alpha value is -2.65. The number of nitrogens with one attached hydrogen (secondary N) is 2. The Bertz CT molecular complexity index is 873. The number of nitrogens with zero attached hydrogens (tertiary/aromatic N) is 3. The molecule has 0 aromatic carbocycles. The summed E-state index contributed by atoms with van der Waals surface area (Å²) in [6.07, 6.45) is 5.74. The van der Waals surface area contributed by atoms with Crippen molar-refractivity contribution in [2.45, 2.75) is 18.9 Å². The van der Waals surface area contributed by atoms with Crippen LogP contribution < -0.4 is 10.1 Å². The van der Waals surface area contributed by atoms with Gasteiger partial charge in [-0.05, 0) is 31.5 Å². The normalized spacial score (nSPS) is 18.4. The molecule has 4 heterocycles. The van der Waals surface area contributed by atoms with Crippen LogP contribution in [-0.4, -0.2) is 34.1 Å². The predicted octanol–water partition coefficient (Wildman–Crippen LogP) is 2.11. The third kappa shape index (κ3) is 2.16. The number of aromatic nitrogens is 3. The number of ether oxygens (including phenoxy) is 1. The van der Waals surface area contributed by atoms with Crippen LogP contribution in [0.3, 0.4) is 0 Å². The van der Waals surface area contributed by atoms with E-state index in [0.717, 1.165) is 53.6 Å². The number of aromatic amines is 1. The molecule has 1 aliphatic rings. The number of rotatable bonds is 2. The number of fused-ring (bicyclic) bond motifs is 3. The highest BCUT2D eigenvalue weighted by atomic mass is 16.5. The van der Waals surface area contributed by atoms with E-state index in [1.54, 1.807) is 18.5 Å². The molecule has 110 valence electrons. The summed E-state index contributed by atoms with van der Waals surface area (Å²) in [5, 5.41) is 14.3. The lowest BCUT2D eigenvalue weighted by Crippen LogP contribution is -2.37. The van der Waals surface area contributed by atoms with Crippen LogP contribution in [0.5, 0.6) is 5.75 Å². The van der Waals surface area contributed by atoms with Crippen molar-refractivity contribution in [1.29, 1.82) is 5.26 Å². The monoisotopic (exact) mass is 293 g/mol. The number of piperidine rings is 1. The quantitative estimate of drug-likeness (QED) is 0.755. The fourth-order valence-corrected chi connectivity index (χ4v) is 2.95. The number of hydrogen-bond acceptors (Lipinski definition) is 5. The summed E-state index contributed by atoms with van der Waals surface area (Å²) in [7, 11) is 0. The lowest BCUT2D eigenvalue weighted by atomic mass is 10.1. The van der Waals surface area contributed by atoms with Crippen LogP contribution in [0.25, 0.3) is 21.9 Å². The van der Waals surface area contributed by atoms with Crippen molar-refractivity contribution in [3.8, 4) is 11.8 Å². The average molecular weight is 293 g/mol. The maximum Gasteiger partial charge on any atom is 0.142 e. The molecule has 0 spiro atoms. The van der Waals surface area contributed by atoms with Gasteiger partial charge in [-0.1, -0.05) is 0 Å². The summed E-state index contributed by atoms with van der Waals surface area (Å²) in [5.41, 5.74) is 2.01. The van der Waals surface area contributed by atoms with Crippen LogP contribution in [0.4, 0.5) is 0 Å². The number of nitriles is 1. The van der Waals surface area contributed by atoms with E-state index >= 15 is 0 Å². The Morgan fingerprint density at radius 1 is 1.36 bits per heavy atom. The first kappa shape index (κ1) is 13.0. The minimum absolute atomic E-state index is 0.168. The second-order valence-electron chi connectivity index (χ2n) is 5.47. The molecule has 1 unspecified atom stereocenters. The Morgan fingerprint density at radius 3 is 3.14 bits per heavy atom. The summed E-state index contributed by atoms with van der Waals surface area (Å²) in [6, 6.07) is 5.74. The molecule has 1 fully saturated rings. The molecule has 22 heavy (non-hydrogen) atoms. The van der Waals surface area contributed by atoms with Crippen molar-refractivity contribution in [1.82, 2.24) is 20.3 Å². The van der Waals surface area contributed by atoms with Gasteiger partial charge in [0.15, 0.2) is 0 Å². The van der Waals surface area contributed by atoms with Crippen LogP contribution in [0.15, 0.2) is 24.5 Å². The van der Waals surface area contributed by atoms with E-state index in [4.69, 9.17) is 10.00 Å². The molecule has 0 aliphatic carbocycles. The van der Waals surface area contributed by atoms with E-state index in [1.807, 2.05) is 6.07 Å². The highest BCUT2D eigenvalue weighted by Crippen LogP contribution is 2.32. The average Bonchev–Trinajstić information content (AvgIpc) is 2.94. The SMILES string of the molecule is N#Cc1cc2c(cn1)[nH]c1nccc(OC3CCCNC3)c12. The van der Waals surface area contributed by atoms with Gasteiger partial charge in [0, 0.05) is 18.1 Å². The van der Waals surface area contributed by atoms with Crippen molar-refractivity contribution in [2.75, 3.05) is 13.1 Å². The third-order valence-electron chi connectivity index (χ3n) is 4.00. The van der Waals surface area contributed by atoms with E-state index in [1.165, 1.54) is 0 Å². The smallest absolute Gasteiger partial charge is 0.142 e. The summed E-state index contributed by atoms with van der Waals surface area (Å²) in [5.74, 6) is 0.806. The molecule has 3 aromatic rings. The van der Waals surface area contributed by atoms with Gasteiger partial charge in [-0.2, -0.15) is 5.26 Å². The maximum atomic E-state index is 9.06. The largest absolute Gasteiger partial charge is 0.488 e. The molecule has 2 N–H and O–H groups in total. The molecule has 3 aromatic heterocycles.